The first-order valence-electron chi connectivity index (χ1n) is 10.8. The summed E-state index contributed by atoms with van der Waals surface area (Å²) in [4.78, 5) is 9.33. The molecule has 0 amide bonds. The Labute approximate surface area is 174 Å². The number of hydrogen-bond donors (Lipinski definition) is 1. The van der Waals surface area contributed by atoms with Crippen LogP contribution in [0.15, 0.2) is 55.9 Å². The maximum absolute atomic E-state index is 4.48. The fourth-order valence-corrected chi connectivity index (χ4v) is 4.45. The number of nitrogens with zero attached hydrogens (tertiary/aromatic N) is 3. The van der Waals surface area contributed by atoms with Crippen molar-refractivity contribution >= 4 is 17.1 Å². The van der Waals surface area contributed by atoms with E-state index in [0.717, 1.165) is 51.4 Å². The highest BCUT2D eigenvalue weighted by molar-refractivity contribution is 5.71. The molecular formula is C25H32N4. The molecule has 1 aromatic heterocycles. The Hall–Kier alpha value is -2.59. The molecule has 1 N–H and O–H groups in total. The van der Waals surface area contributed by atoms with Gasteiger partial charge in [0.15, 0.2) is 0 Å². The Balaban J connectivity index is 1.40. The van der Waals surface area contributed by atoms with Crippen molar-refractivity contribution in [3.63, 3.8) is 0 Å². The molecule has 1 aliphatic carbocycles. The molecule has 4 rings (SSSR count). The first-order chi connectivity index (χ1) is 14.2. The van der Waals surface area contributed by atoms with Gasteiger partial charge in [0.2, 0.25) is 0 Å². The fraction of sp³-hybridized carbons (Fsp3) is 0.400. The average Bonchev–Trinajstić information content (AvgIpc) is 3.23. The Morgan fingerprint density at radius 3 is 2.59 bits per heavy atom. The van der Waals surface area contributed by atoms with Crippen molar-refractivity contribution < 1.29 is 0 Å². The van der Waals surface area contributed by atoms with Crippen molar-refractivity contribution in [1.29, 1.82) is 0 Å². The Morgan fingerprint density at radius 2 is 1.90 bits per heavy atom. The maximum atomic E-state index is 4.48. The third kappa shape index (κ3) is 4.70. The molecule has 152 valence electrons. The van der Waals surface area contributed by atoms with Crippen molar-refractivity contribution in [3.8, 4) is 0 Å². The van der Waals surface area contributed by atoms with Gasteiger partial charge in [0.1, 0.15) is 5.82 Å². The molecule has 0 spiro atoms. The predicted molar refractivity (Wildman–Crippen MR) is 123 cm³/mol. The molecule has 0 atom stereocenters. The van der Waals surface area contributed by atoms with Gasteiger partial charge in [0.05, 0.1) is 6.67 Å². The van der Waals surface area contributed by atoms with E-state index in [4.69, 9.17) is 0 Å². The summed E-state index contributed by atoms with van der Waals surface area (Å²) in [7, 11) is 0. The van der Waals surface area contributed by atoms with Crippen LogP contribution in [0.4, 0.5) is 11.5 Å². The first kappa shape index (κ1) is 19.7. The number of hydrogen-bond acceptors (Lipinski definition) is 4. The van der Waals surface area contributed by atoms with Crippen molar-refractivity contribution in [3.05, 3.63) is 72.6 Å². The minimum atomic E-state index is 0.947. The largest absolute Gasteiger partial charge is 0.362 e. The van der Waals surface area contributed by atoms with E-state index >= 15 is 0 Å². The summed E-state index contributed by atoms with van der Waals surface area (Å²) in [5.41, 5.74) is 6.67. The monoisotopic (exact) mass is 388 g/mol. The smallest absolute Gasteiger partial charge is 0.129 e. The van der Waals surface area contributed by atoms with Gasteiger partial charge in [-0.1, -0.05) is 25.6 Å². The Morgan fingerprint density at radius 1 is 1.10 bits per heavy atom. The van der Waals surface area contributed by atoms with Gasteiger partial charge in [-0.05, 0) is 84.8 Å². The highest BCUT2D eigenvalue weighted by atomic mass is 15.4. The zero-order valence-corrected chi connectivity index (χ0v) is 17.4. The Kier molecular flexibility index (Phi) is 6.30. The molecular weight excluding hydrogens is 356 g/mol. The number of anilines is 2. The predicted octanol–water partition coefficient (Wildman–Crippen LogP) is 5.09. The van der Waals surface area contributed by atoms with E-state index in [1.54, 1.807) is 6.20 Å². The van der Waals surface area contributed by atoms with E-state index < -0.39 is 0 Å². The molecule has 29 heavy (non-hydrogen) atoms. The van der Waals surface area contributed by atoms with Crippen LogP contribution >= 0.6 is 0 Å². The van der Waals surface area contributed by atoms with E-state index in [9.17, 15) is 0 Å². The van der Waals surface area contributed by atoms with E-state index in [1.165, 1.54) is 47.2 Å². The number of benzene rings is 1. The summed E-state index contributed by atoms with van der Waals surface area (Å²) in [6.07, 6.45) is 10.8. The highest BCUT2D eigenvalue weighted by Crippen LogP contribution is 2.32. The standard InChI is InChI=1S/C25H32N4/c1-3-26-25-21-9-5-4-6-10-22(25)18-23(17-21)20(2)12-14-28-15-16-29(19-28)24-11-7-8-13-27-24/h3,7-8,11,13,17-18,26H,1-2,4-6,9-10,12,14-16,19H2. The summed E-state index contributed by atoms with van der Waals surface area (Å²) in [6, 6.07) is 10.8. The van der Waals surface area contributed by atoms with Crippen molar-refractivity contribution in [1.82, 2.24) is 9.88 Å². The molecule has 4 nitrogen and oxygen atoms in total. The molecule has 4 heteroatoms. The van der Waals surface area contributed by atoms with Crippen LogP contribution in [-0.2, 0) is 12.8 Å². The van der Waals surface area contributed by atoms with Gasteiger partial charge < -0.3 is 10.2 Å². The number of aryl methyl sites for hydroxylation is 2. The van der Waals surface area contributed by atoms with Gasteiger partial charge in [-0.25, -0.2) is 4.98 Å². The second-order valence-corrected chi connectivity index (χ2v) is 8.14. The molecule has 1 saturated heterocycles. The minimum Gasteiger partial charge on any atom is -0.362 e. The molecule has 2 heterocycles. The van der Waals surface area contributed by atoms with Crippen LogP contribution in [0.1, 0.15) is 42.4 Å². The van der Waals surface area contributed by atoms with Crippen molar-refractivity contribution in [2.75, 3.05) is 36.5 Å². The normalized spacial score (nSPS) is 16.9. The molecule has 0 saturated carbocycles. The zero-order valence-electron chi connectivity index (χ0n) is 17.4. The molecule has 1 aliphatic heterocycles. The lowest BCUT2D eigenvalue weighted by Gasteiger charge is -2.22. The van der Waals surface area contributed by atoms with Gasteiger partial charge >= 0.3 is 0 Å². The summed E-state index contributed by atoms with van der Waals surface area (Å²) >= 11 is 0. The summed E-state index contributed by atoms with van der Waals surface area (Å²) in [5.74, 6) is 1.07. The maximum Gasteiger partial charge on any atom is 0.129 e. The van der Waals surface area contributed by atoms with Gasteiger partial charge in [0, 0.05) is 31.5 Å². The molecule has 1 aromatic carbocycles. The number of rotatable bonds is 7. The lowest BCUT2D eigenvalue weighted by molar-refractivity contribution is 0.350. The van der Waals surface area contributed by atoms with E-state index in [-0.39, 0.29) is 0 Å². The van der Waals surface area contributed by atoms with Crippen LogP contribution in [0.3, 0.4) is 0 Å². The van der Waals surface area contributed by atoms with Gasteiger partial charge in [0.25, 0.3) is 0 Å². The van der Waals surface area contributed by atoms with E-state index in [2.05, 4.69) is 57.5 Å². The SMILES string of the molecule is C=CNc1c2cc(C(=C)CCN3CCN(c4ccccn4)C3)cc1CCCCC2. The van der Waals surface area contributed by atoms with Crippen LogP contribution in [0.2, 0.25) is 0 Å². The molecule has 2 aromatic rings. The quantitative estimate of drug-likeness (QED) is 0.716. The second-order valence-electron chi connectivity index (χ2n) is 8.14. The third-order valence-corrected chi connectivity index (χ3v) is 6.11. The van der Waals surface area contributed by atoms with Crippen LogP contribution in [0.25, 0.3) is 5.57 Å². The van der Waals surface area contributed by atoms with Gasteiger partial charge in [-0.2, -0.15) is 0 Å². The van der Waals surface area contributed by atoms with Crippen molar-refractivity contribution in [2.24, 2.45) is 0 Å². The number of fused-ring (bicyclic) bond motifs is 2. The molecule has 2 bridgehead atoms. The number of pyridine rings is 1. The van der Waals surface area contributed by atoms with Crippen LogP contribution in [0.5, 0.6) is 0 Å². The van der Waals surface area contributed by atoms with E-state index in [1.807, 2.05) is 12.3 Å². The van der Waals surface area contributed by atoms with Crippen LogP contribution in [0, 0.1) is 0 Å². The van der Waals surface area contributed by atoms with E-state index in [0.29, 0.717) is 0 Å². The summed E-state index contributed by atoms with van der Waals surface area (Å²) in [6.45, 7) is 12.4. The molecule has 2 aliphatic rings. The number of aromatic nitrogens is 1. The fourth-order valence-electron chi connectivity index (χ4n) is 4.45. The lowest BCUT2D eigenvalue weighted by Crippen LogP contribution is -2.26. The summed E-state index contributed by atoms with van der Waals surface area (Å²) in [5, 5.41) is 3.39. The van der Waals surface area contributed by atoms with Gasteiger partial charge in [-0.3, -0.25) is 4.90 Å². The van der Waals surface area contributed by atoms with Gasteiger partial charge in [-0.15, -0.1) is 0 Å². The average molecular weight is 389 g/mol. The highest BCUT2D eigenvalue weighted by Gasteiger charge is 2.21. The van der Waals surface area contributed by atoms with Crippen LogP contribution < -0.4 is 10.2 Å². The molecule has 0 radical (unpaired) electrons. The minimum absolute atomic E-state index is 0.947. The number of nitrogens with one attached hydrogen (secondary N) is 1. The zero-order chi connectivity index (χ0) is 20.1. The Bertz CT molecular complexity index is 831. The topological polar surface area (TPSA) is 31.4 Å². The second kappa shape index (κ2) is 9.27. The van der Waals surface area contributed by atoms with Crippen molar-refractivity contribution in [2.45, 2.75) is 38.5 Å². The molecule has 1 fully saturated rings. The molecule has 0 unspecified atom stereocenters. The lowest BCUT2D eigenvalue weighted by atomic mass is 9.89. The third-order valence-electron chi connectivity index (χ3n) is 6.11. The first-order valence-corrected chi connectivity index (χ1v) is 10.8. The van der Waals surface area contributed by atoms with Crippen LogP contribution in [-0.4, -0.2) is 36.2 Å². The summed E-state index contributed by atoms with van der Waals surface area (Å²) < 4.78 is 0.